The first-order chi connectivity index (χ1) is 8.65. The Balaban J connectivity index is 3.11. The van der Waals surface area contributed by atoms with Gasteiger partial charge in [0.25, 0.3) is 5.91 Å². The van der Waals surface area contributed by atoms with E-state index in [9.17, 15) is 9.90 Å². The number of benzene rings is 1. The van der Waals surface area contributed by atoms with Crippen molar-refractivity contribution < 1.29 is 9.90 Å². The number of carbonyl (C=O) groups is 1. The van der Waals surface area contributed by atoms with Crippen LogP contribution in [0.2, 0.25) is 10.0 Å². The molecule has 0 atom stereocenters. The van der Waals surface area contributed by atoms with E-state index in [0.717, 1.165) is 0 Å². The lowest BCUT2D eigenvalue weighted by Crippen LogP contribution is -2.42. The van der Waals surface area contributed by atoms with Crippen LogP contribution >= 0.6 is 23.2 Å². The number of amides is 1. The van der Waals surface area contributed by atoms with E-state index in [0.29, 0.717) is 12.2 Å². The van der Waals surface area contributed by atoms with E-state index >= 15 is 0 Å². The summed E-state index contributed by atoms with van der Waals surface area (Å²) in [5.41, 5.74) is 5.31. The van der Waals surface area contributed by atoms with Crippen molar-refractivity contribution in [2.75, 3.05) is 18.8 Å². The molecule has 1 rings (SSSR count). The number of nitrogens with two attached hydrogens (primary N) is 1. The van der Waals surface area contributed by atoms with Gasteiger partial charge in [0.15, 0.2) is 0 Å². The molecule has 0 aliphatic rings. The number of anilines is 1. The predicted molar refractivity (Wildman–Crippen MR) is 78.7 cm³/mol. The third kappa shape index (κ3) is 4.27. The number of carbonyl (C=O) groups excluding carboxylic acids is 1. The fraction of sp³-hybridized carbons (Fsp3) is 0.462. The average molecular weight is 305 g/mol. The van der Waals surface area contributed by atoms with Gasteiger partial charge in [-0.15, -0.1) is 0 Å². The molecule has 0 bridgehead atoms. The van der Waals surface area contributed by atoms with Gasteiger partial charge < -0.3 is 15.7 Å². The molecule has 106 valence electrons. The lowest BCUT2D eigenvalue weighted by Gasteiger charge is -2.28. The monoisotopic (exact) mass is 304 g/mol. The van der Waals surface area contributed by atoms with Crippen molar-refractivity contribution in [3.8, 4) is 0 Å². The standard InChI is InChI=1S/C13H18Cl2N2O2/c1-4-17(7-13(2,3)19)12(18)9-5-8(16)6-10(14)11(9)15/h5-6,19H,4,7,16H2,1-3H3. The van der Waals surface area contributed by atoms with Crippen LogP contribution in [0.5, 0.6) is 0 Å². The number of aliphatic hydroxyl groups is 1. The van der Waals surface area contributed by atoms with Crippen molar-refractivity contribution in [3.63, 3.8) is 0 Å². The number of hydrogen-bond donors (Lipinski definition) is 2. The topological polar surface area (TPSA) is 66.6 Å². The van der Waals surface area contributed by atoms with E-state index in [1.54, 1.807) is 13.8 Å². The number of rotatable bonds is 4. The summed E-state index contributed by atoms with van der Waals surface area (Å²) in [5.74, 6) is -0.302. The maximum absolute atomic E-state index is 12.4. The summed E-state index contributed by atoms with van der Waals surface area (Å²) in [7, 11) is 0. The average Bonchev–Trinajstić information content (AvgIpc) is 2.28. The van der Waals surface area contributed by atoms with Gasteiger partial charge in [0.2, 0.25) is 0 Å². The highest BCUT2D eigenvalue weighted by atomic mass is 35.5. The summed E-state index contributed by atoms with van der Waals surface area (Å²) >= 11 is 11.9. The molecule has 6 heteroatoms. The summed E-state index contributed by atoms with van der Waals surface area (Å²) in [6.07, 6.45) is 0. The van der Waals surface area contributed by atoms with Gasteiger partial charge in [0, 0.05) is 18.8 Å². The normalized spacial score (nSPS) is 11.5. The molecule has 0 heterocycles. The maximum Gasteiger partial charge on any atom is 0.255 e. The maximum atomic E-state index is 12.4. The lowest BCUT2D eigenvalue weighted by atomic mass is 10.1. The molecule has 0 saturated carbocycles. The van der Waals surface area contributed by atoms with E-state index in [1.807, 2.05) is 6.92 Å². The van der Waals surface area contributed by atoms with Crippen LogP contribution in [0.3, 0.4) is 0 Å². The van der Waals surface area contributed by atoms with E-state index in [2.05, 4.69) is 0 Å². The van der Waals surface area contributed by atoms with Crippen molar-refractivity contribution in [1.29, 1.82) is 0 Å². The largest absolute Gasteiger partial charge is 0.399 e. The number of hydrogen-bond acceptors (Lipinski definition) is 3. The molecule has 0 spiro atoms. The molecule has 0 unspecified atom stereocenters. The Labute approximate surface area is 123 Å². The number of nitrogens with zero attached hydrogens (tertiary/aromatic N) is 1. The van der Waals surface area contributed by atoms with Gasteiger partial charge in [-0.3, -0.25) is 4.79 Å². The van der Waals surface area contributed by atoms with Crippen LogP contribution in [0.4, 0.5) is 5.69 Å². The fourth-order valence-electron chi connectivity index (χ4n) is 1.73. The van der Waals surface area contributed by atoms with Crippen LogP contribution in [0.1, 0.15) is 31.1 Å². The van der Waals surface area contributed by atoms with E-state index in [1.165, 1.54) is 17.0 Å². The number of likely N-dealkylation sites (N-methyl/N-ethyl adjacent to an activating group) is 1. The van der Waals surface area contributed by atoms with Crippen LogP contribution in [0.15, 0.2) is 12.1 Å². The molecule has 1 aromatic carbocycles. The van der Waals surface area contributed by atoms with Crippen LogP contribution < -0.4 is 5.73 Å². The zero-order valence-corrected chi connectivity index (χ0v) is 12.7. The molecular weight excluding hydrogens is 287 g/mol. The third-order valence-electron chi connectivity index (χ3n) is 2.53. The molecule has 0 saturated heterocycles. The number of halogens is 2. The molecule has 0 aromatic heterocycles. The molecule has 0 aliphatic heterocycles. The smallest absolute Gasteiger partial charge is 0.255 e. The van der Waals surface area contributed by atoms with Crippen molar-refractivity contribution in [2.45, 2.75) is 26.4 Å². The Morgan fingerprint density at radius 3 is 2.47 bits per heavy atom. The second-order valence-corrected chi connectivity index (χ2v) is 5.78. The highest BCUT2D eigenvalue weighted by Crippen LogP contribution is 2.29. The van der Waals surface area contributed by atoms with Crippen molar-refractivity contribution in [3.05, 3.63) is 27.7 Å². The highest BCUT2D eigenvalue weighted by Gasteiger charge is 2.24. The SMILES string of the molecule is CCN(CC(C)(C)O)C(=O)c1cc(N)cc(Cl)c1Cl. The molecular formula is C13H18Cl2N2O2. The molecule has 1 aromatic rings. The molecule has 0 aliphatic carbocycles. The molecule has 4 nitrogen and oxygen atoms in total. The predicted octanol–water partition coefficient (Wildman–Crippen LogP) is 2.81. The Kier molecular flexibility index (Phi) is 5.07. The minimum atomic E-state index is -0.984. The van der Waals surface area contributed by atoms with Crippen molar-refractivity contribution in [2.24, 2.45) is 0 Å². The molecule has 19 heavy (non-hydrogen) atoms. The molecule has 1 amide bonds. The molecule has 0 radical (unpaired) electrons. The van der Waals surface area contributed by atoms with Crippen LogP contribution in [-0.2, 0) is 0 Å². The molecule has 0 fully saturated rings. The first kappa shape index (κ1) is 16.1. The van der Waals surface area contributed by atoms with Crippen LogP contribution in [0.25, 0.3) is 0 Å². The van der Waals surface area contributed by atoms with E-state index < -0.39 is 5.60 Å². The second kappa shape index (κ2) is 5.99. The van der Waals surface area contributed by atoms with Gasteiger partial charge >= 0.3 is 0 Å². The van der Waals surface area contributed by atoms with Crippen LogP contribution in [0, 0.1) is 0 Å². The van der Waals surface area contributed by atoms with E-state index in [4.69, 9.17) is 28.9 Å². The summed E-state index contributed by atoms with van der Waals surface area (Å²) in [4.78, 5) is 13.9. The molecule has 3 N–H and O–H groups in total. The Bertz CT molecular complexity index is 484. The van der Waals surface area contributed by atoms with E-state index in [-0.39, 0.29) is 28.1 Å². The second-order valence-electron chi connectivity index (χ2n) is 5.00. The lowest BCUT2D eigenvalue weighted by molar-refractivity contribution is 0.0315. The first-order valence-corrected chi connectivity index (χ1v) is 6.67. The van der Waals surface area contributed by atoms with Gasteiger partial charge in [-0.1, -0.05) is 23.2 Å². The summed E-state index contributed by atoms with van der Waals surface area (Å²) < 4.78 is 0. The minimum absolute atomic E-state index is 0.176. The first-order valence-electron chi connectivity index (χ1n) is 5.92. The van der Waals surface area contributed by atoms with Crippen molar-refractivity contribution >= 4 is 34.8 Å². The Morgan fingerprint density at radius 2 is 2.00 bits per heavy atom. The summed E-state index contributed by atoms with van der Waals surface area (Å²) in [5, 5.41) is 10.2. The quantitative estimate of drug-likeness (QED) is 0.841. The van der Waals surface area contributed by atoms with Gasteiger partial charge in [0.1, 0.15) is 0 Å². The summed E-state index contributed by atoms with van der Waals surface area (Å²) in [6, 6.07) is 2.98. The zero-order chi connectivity index (χ0) is 14.8. The fourth-order valence-corrected chi connectivity index (χ4v) is 2.15. The summed E-state index contributed by atoms with van der Waals surface area (Å²) in [6.45, 7) is 5.75. The minimum Gasteiger partial charge on any atom is -0.399 e. The van der Waals surface area contributed by atoms with Gasteiger partial charge in [-0.2, -0.15) is 0 Å². The van der Waals surface area contributed by atoms with Crippen molar-refractivity contribution in [1.82, 2.24) is 4.90 Å². The van der Waals surface area contributed by atoms with Gasteiger partial charge in [-0.25, -0.2) is 0 Å². The number of nitrogen functional groups attached to an aromatic ring is 1. The van der Waals surface area contributed by atoms with Gasteiger partial charge in [0.05, 0.1) is 21.2 Å². The zero-order valence-electron chi connectivity index (χ0n) is 11.2. The highest BCUT2D eigenvalue weighted by molar-refractivity contribution is 6.44. The van der Waals surface area contributed by atoms with Gasteiger partial charge in [-0.05, 0) is 32.9 Å². The van der Waals surface area contributed by atoms with Crippen LogP contribution in [-0.4, -0.2) is 34.6 Å². The Morgan fingerprint density at radius 1 is 1.42 bits per heavy atom. The third-order valence-corrected chi connectivity index (χ3v) is 3.33. The Hall–Kier alpha value is -0.970.